The first-order valence-corrected chi connectivity index (χ1v) is 9.90. The molecule has 1 amide bonds. The average Bonchev–Trinajstić information content (AvgIpc) is 3.33. The summed E-state index contributed by atoms with van der Waals surface area (Å²) >= 11 is 0. The molecule has 0 radical (unpaired) electrons. The van der Waals surface area contributed by atoms with E-state index in [4.69, 9.17) is 14.9 Å². The molecule has 0 aliphatic rings. The first-order valence-electron chi connectivity index (χ1n) is 9.90. The second kappa shape index (κ2) is 8.88. The number of carbonyl (C=O) groups excluding carboxylic acids is 1. The number of rotatable bonds is 7. The highest BCUT2D eigenvalue weighted by Crippen LogP contribution is 2.31. The van der Waals surface area contributed by atoms with Crippen LogP contribution < -0.4 is 15.8 Å². The molecule has 4 aromatic rings. The Bertz CT molecular complexity index is 1250. The summed E-state index contributed by atoms with van der Waals surface area (Å²) in [5.74, 6) is 0.780. The number of oxazole rings is 1. The van der Waals surface area contributed by atoms with E-state index in [2.05, 4.69) is 20.6 Å². The van der Waals surface area contributed by atoms with E-state index in [1.165, 1.54) is 28.9 Å². The van der Waals surface area contributed by atoms with Crippen LogP contribution in [0.3, 0.4) is 0 Å². The highest BCUT2D eigenvalue weighted by molar-refractivity contribution is 6.05. The number of hydrogen-bond acceptors (Lipinski definition) is 7. The highest BCUT2D eigenvalue weighted by Gasteiger charge is 2.21. The summed E-state index contributed by atoms with van der Waals surface area (Å²) in [6, 6.07) is 12.8. The maximum absolute atomic E-state index is 13.0. The van der Waals surface area contributed by atoms with Gasteiger partial charge in [-0.3, -0.25) is 4.79 Å². The molecule has 0 bridgehead atoms. The molecule has 10 heteroatoms. The van der Waals surface area contributed by atoms with Crippen molar-refractivity contribution >= 4 is 17.4 Å². The number of aryl methyl sites for hydroxylation is 1. The molecule has 4 rings (SSSR count). The van der Waals surface area contributed by atoms with E-state index in [0.717, 1.165) is 5.56 Å². The predicted molar refractivity (Wildman–Crippen MR) is 116 cm³/mol. The van der Waals surface area contributed by atoms with E-state index in [1.54, 1.807) is 6.92 Å². The number of nitrogen functional groups attached to an aromatic ring is 1. The Kier molecular flexibility index (Phi) is 5.84. The van der Waals surface area contributed by atoms with Crippen molar-refractivity contribution < 1.29 is 18.3 Å². The van der Waals surface area contributed by atoms with E-state index in [1.807, 2.05) is 31.2 Å². The number of anilines is 2. The molecule has 0 saturated carbocycles. The zero-order valence-corrected chi connectivity index (χ0v) is 17.5. The van der Waals surface area contributed by atoms with Crippen LogP contribution in [-0.2, 0) is 6.54 Å². The van der Waals surface area contributed by atoms with Crippen LogP contribution in [0.2, 0.25) is 0 Å². The Hall–Kier alpha value is -4.21. The zero-order chi connectivity index (χ0) is 22.7. The summed E-state index contributed by atoms with van der Waals surface area (Å²) in [4.78, 5) is 17.1. The van der Waals surface area contributed by atoms with Gasteiger partial charge in [-0.05, 0) is 50.2 Å². The van der Waals surface area contributed by atoms with Gasteiger partial charge in [0.05, 0.1) is 18.7 Å². The lowest BCUT2D eigenvalue weighted by Crippen LogP contribution is -2.15. The number of para-hydroxylation sites is 1. The fraction of sp³-hybridized carbons (Fsp3) is 0.182. The van der Waals surface area contributed by atoms with Gasteiger partial charge in [-0.15, -0.1) is 5.10 Å². The van der Waals surface area contributed by atoms with Gasteiger partial charge in [0.15, 0.2) is 11.5 Å². The summed E-state index contributed by atoms with van der Waals surface area (Å²) in [6.45, 7) is 4.36. The van der Waals surface area contributed by atoms with Crippen molar-refractivity contribution in [2.24, 2.45) is 0 Å². The monoisotopic (exact) mass is 436 g/mol. The number of benzene rings is 2. The van der Waals surface area contributed by atoms with Crippen molar-refractivity contribution in [2.75, 3.05) is 17.7 Å². The standard InChI is InChI=1S/C22H21FN6O3/c1-3-31-18-7-5-4-6-16(18)22-26-17(13(2)32-22)12-29-20(24)19(27-28-29)21(30)25-15-10-8-14(23)9-11-15/h4-11H,3,12,24H2,1-2H3,(H,25,30). The number of hydrogen-bond donors (Lipinski definition) is 2. The molecule has 2 heterocycles. The van der Waals surface area contributed by atoms with Crippen LogP contribution in [0.25, 0.3) is 11.5 Å². The topological polar surface area (TPSA) is 121 Å². The van der Waals surface area contributed by atoms with Crippen molar-refractivity contribution in [3.8, 4) is 17.2 Å². The summed E-state index contributed by atoms with van der Waals surface area (Å²) in [5, 5.41) is 10.5. The molecular formula is C22H21FN6O3. The molecule has 9 nitrogen and oxygen atoms in total. The summed E-state index contributed by atoms with van der Waals surface area (Å²) < 4.78 is 25.9. The van der Waals surface area contributed by atoms with Gasteiger partial charge in [0.1, 0.15) is 23.0 Å². The average molecular weight is 436 g/mol. The van der Waals surface area contributed by atoms with Gasteiger partial charge >= 0.3 is 0 Å². The molecule has 32 heavy (non-hydrogen) atoms. The molecule has 0 saturated heterocycles. The van der Waals surface area contributed by atoms with Gasteiger partial charge in [-0.25, -0.2) is 14.1 Å². The van der Waals surface area contributed by atoms with Gasteiger partial charge in [-0.1, -0.05) is 17.3 Å². The lowest BCUT2D eigenvalue weighted by molar-refractivity contribution is 0.102. The van der Waals surface area contributed by atoms with E-state index in [-0.39, 0.29) is 18.1 Å². The third-order valence-electron chi connectivity index (χ3n) is 4.70. The maximum Gasteiger partial charge on any atom is 0.280 e. The second-order valence-corrected chi connectivity index (χ2v) is 6.89. The Balaban J connectivity index is 1.54. The van der Waals surface area contributed by atoms with Crippen molar-refractivity contribution in [1.29, 1.82) is 0 Å². The number of ether oxygens (including phenoxy) is 1. The fourth-order valence-corrected chi connectivity index (χ4v) is 3.08. The molecule has 164 valence electrons. The maximum atomic E-state index is 13.0. The SMILES string of the molecule is CCOc1ccccc1-c1nc(Cn2nnc(C(=O)Nc3ccc(F)cc3)c2N)c(C)o1. The number of halogens is 1. The first-order chi connectivity index (χ1) is 15.5. The van der Waals surface area contributed by atoms with Gasteiger partial charge < -0.3 is 20.2 Å². The van der Waals surface area contributed by atoms with Crippen LogP contribution in [0.1, 0.15) is 28.9 Å². The number of nitrogens with zero attached hydrogens (tertiary/aromatic N) is 4. The normalized spacial score (nSPS) is 10.8. The minimum Gasteiger partial charge on any atom is -0.493 e. The quantitative estimate of drug-likeness (QED) is 0.453. The van der Waals surface area contributed by atoms with E-state index in [0.29, 0.717) is 35.4 Å². The van der Waals surface area contributed by atoms with Crippen LogP contribution in [0.5, 0.6) is 5.75 Å². The summed E-state index contributed by atoms with van der Waals surface area (Å²) in [5.41, 5.74) is 7.79. The summed E-state index contributed by atoms with van der Waals surface area (Å²) in [6.07, 6.45) is 0. The van der Waals surface area contributed by atoms with Crippen molar-refractivity contribution in [1.82, 2.24) is 20.0 Å². The Morgan fingerprint density at radius 2 is 1.97 bits per heavy atom. The third-order valence-corrected chi connectivity index (χ3v) is 4.70. The van der Waals surface area contributed by atoms with Crippen molar-refractivity contribution in [3.63, 3.8) is 0 Å². The third kappa shape index (κ3) is 4.29. The lowest BCUT2D eigenvalue weighted by atomic mass is 10.2. The molecule has 2 aromatic carbocycles. The fourth-order valence-electron chi connectivity index (χ4n) is 3.08. The van der Waals surface area contributed by atoms with Crippen LogP contribution in [0.4, 0.5) is 15.9 Å². The summed E-state index contributed by atoms with van der Waals surface area (Å²) in [7, 11) is 0. The number of nitrogens with one attached hydrogen (secondary N) is 1. The van der Waals surface area contributed by atoms with Gasteiger partial charge in [0, 0.05) is 5.69 Å². The van der Waals surface area contributed by atoms with Crippen LogP contribution in [0, 0.1) is 12.7 Å². The van der Waals surface area contributed by atoms with Crippen molar-refractivity contribution in [3.05, 3.63) is 71.5 Å². The number of aromatic nitrogens is 4. The smallest absolute Gasteiger partial charge is 0.280 e. The number of carbonyl (C=O) groups is 1. The van der Waals surface area contributed by atoms with Gasteiger partial charge in [0.25, 0.3) is 5.91 Å². The van der Waals surface area contributed by atoms with Crippen molar-refractivity contribution in [2.45, 2.75) is 20.4 Å². The zero-order valence-electron chi connectivity index (χ0n) is 17.5. The van der Waals surface area contributed by atoms with Gasteiger partial charge in [-0.2, -0.15) is 0 Å². The predicted octanol–water partition coefficient (Wildman–Crippen LogP) is 3.66. The van der Waals surface area contributed by atoms with Crippen LogP contribution >= 0.6 is 0 Å². The Morgan fingerprint density at radius 1 is 1.22 bits per heavy atom. The molecule has 0 aliphatic carbocycles. The first kappa shape index (κ1) is 21.0. The molecule has 0 atom stereocenters. The van der Waals surface area contributed by atoms with E-state index >= 15 is 0 Å². The molecule has 0 unspecified atom stereocenters. The molecule has 0 fully saturated rings. The molecular weight excluding hydrogens is 415 g/mol. The number of nitrogens with two attached hydrogens (primary N) is 1. The second-order valence-electron chi connectivity index (χ2n) is 6.89. The Labute approximate surface area is 183 Å². The molecule has 0 aliphatic heterocycles. The Morgan fingerprint density at radius 3 is 2.72 bits per heavy atom. The minimum atomic E-state index is -0.552. The molecule has 2 aromatic heterocycles. The minimum absolute atomic E-state index is 0.0441. The molecule has 3 N–H and O–H groups in total. The largest absolute Gasteiger partial charge is 0.493 e. The van der Waals surface area contributed by atoms with Gasteiger partial charge in [0.2, 0.25) is 5.89 Å². The van der Waals surface area contributed by atoms with E-state index in [9.17, 15) is 9.18 Å². The molecule has 0 spiro atoms. The van der Waals surface area contributed by atoms with Crippen LogP contribution in [0.15, 0.2) is 52.9 Å². The number of amides is 1. The van der Waals surface area contributed by atoms with Crippen LogP contribution in [-0.4, -0.2) is 32.5 Å². The lowest BCUT2D eigenvalue weighted by Gasteiger charge is -2.06. The van der Waals surface area contributed by atoms with E-state index < -0.39 is 11.7 Å². The highest BCUT2D eigenvalue weighted by atomic mass is 19.1.